The fourth-order valence-electron chi connectivity index (χ4n) is 4.37. The van der Waals surface area contributed by atoms with Gasteiger partial charge in [-0.2, -0.15) is 13.2 Å². The molecule has 0 radical (unpaired) electrons. The van der Waals surface area contributed by atoms with Crippen LogP contribution in [0.4, 0.5) is 13.2 Å². The number of piperazine rings is 1. The first kappa shape index (κ1) is 25.7. The minimum atomic E-state index is -4.60. The third kappa shape index (κ3) is 5.71. The van der Waals surface area contributed by atoms with Crippen molar-refractivity contribution in [2.24, 2.45) is 4.99 Å². The van der Waals surface area contributed by atoms with Crippen LogP contribution in [0.25, 0.3) is 0 Å². The number of carbonyl (C=O) groups excluding carboxylic acids is 2. The Hall–Kier alpha value is -3.36. The first-order valence-corrected chi connectivity index (χ1v) is 12.4. The van der Waals surface area contributed by atoms with Crippen LogP contribution in [-0.4, -0.2) is 65.7 Å². The summed E-state index contributed by atoms with van der Waals surface area (Å²) in [6, 6.07) is 14.5. The Labute approximate surface area is 209 Å². The number of carbonyl (C=O) groups is 2. The van der Waals surface area contributed by atoms with Gasteiger partial charge in [-0.25, -0.2) is 0 Å². The molecule has 1 heterocycles. The predicted molar refractivity (Wildman–Crippen MR) is 132 cm³/mol. The van der Waals surface area contributed by atoms with E-state index in [1.54, 1.807) is 0 Å². The Morgan fingerprint density at radius 3 is 2.17 bits per heavy atom. The van der Waals surface area contributed by atoms with Gasteiger partial charge in [-0.3, -0.25) is 14.6 Å². The van der Waals surface area contributed by atoms with Gasteiger partial charge in [0.1, 0.15) is 11.4 Å². The Bertz CT molecular complexity index is 1110. The second kappa shape index (κ2) is 10.7. The number of alkyl halides is 3. The molecule has 0 spiro atoms. The van der Waals surface area contributed by atoms with Crippen LogP contribution in [0, 0.1) is 0 Å². The zero-order valence-electron chi connectivity index (χ0n) is 20.4. The lowest BCUT2D eigenvalue weighted by molar-refractivity contribution is -0.138. The molecular formula is C27H31F3N4O2. The van der Waals surface area contributed by atoms with Crippen molar-refractivity contribution in [1.82, 2.24) is 15.1 Å². The number of nitrogens with zero attached hydrogens (tertiary/aromatic N) is 3. The van der Waals surface area contributed by atoms with Crippen LogP contribution >= 0.6 is 0 Å². The molecule has 0 bridgehead atoms. The number of nitrogens with one attached hydrogen (secondary N) is 1. The smallest absolute Gasteiger partial charge is 0.354 e. The van der Waals surface area contributed by atoms with E-state index in [9.17, 15) is 22.8 Å². The monoisotopic (exact) mass is 500 g/mol. The topological polar surface area (TPSA) is 65.0 Å². The van der Waals surface area contributed by atoms with E-state index < -0.39 is 23.2 Å². The first-order valence-electron chi connectivity index (χ1n) is 12.4. The van der Waals surface area contributed by atoms with Gasteiger partial charge in [-0.05, 0) is 31.4 Å². The maximum Gasteiger partial charge on any atom is 0.417 e. The van der Waals surface area contributed by atoms with E-state index in [1.807, 2.05) is 35.2 Å². The molecule has 2 aliphatic rings. The number of hydrogen-bond acceptors (Lipinski definition) is 3. The summed E-state index contributed by atoms with van der Waals surface area (Å²) in [5, 5.41) is 2.99. The normalized spacial score (nSPS) is 17.6. The van der Waals surface area contributed by atoms with Crippen molar-refractivity contribution in [3.63, 3.8) is 0 Å². The number of hydrogen-bond donors (Lipinski definition) is 1. The molecule has 192 valence electrons. The van der Waals surface area contributed by atoms with Crippen LogP contribution in [0.15, 0.2) is 59.6 Å². The van der Waals surface area contributed by atoms with Gasteiger partial charge in [-0.1, -0.05) is 55.8 Å². The molecule has 0 aromatic heterocycles. The highest BCUT2D eigenvalue weighted by atomic mass is 19.4. The van der Waals surface area contributed by atoms with Crippen LogP contribution in [0.5, 0.6) is 0 Å². The van der Waals surface area contributed by atoms with E-state index in [-0.39, 0.29) is 24.6 Å². The molecule has 6 nitrogen and oxygen atoms in total. The standard InChI is InChI=1S/C27H31F3N4O2/c1-2-3-15-31-25(36)26(13-14-26)32-23(20-9-5-4-6-10-20)33-16-18-34(19-17-33)24(35)21-11-7-8-12-22(21)27(28,29)30/h4-12H,2-3,13-19H2,1H3,(H,31,36)/b32-23+. The minimum absolute atomic E-state index is 0.0676. The van der Waals surface area contributed by atoms with E-state index in [4.69, 9.17) is 4.99 Å². The van der Waals surface area contributed by atoms with E-state index in [0.29, 0.717) is 38.3 Å². The number of halogens is 3. The summed E-state index contributed by atoms with van der Waals surface area (Å²) in [6.45, 7) is 4.01. The maximum atomic E-state index is 13.4. The number of amidine groups is 1. The third-order valence-electron chi connectivity index (χ3n) is 6.64. The van der Waals surface area contributed by atoms with Gasteiger partial charge >= 0.3 is 6.18 Å². The van der Waals surface area contributed by atoms with Crippen LogP contribution in [0.1, 0.15) is 54.1 Å². The molecular weight excluding hydrogens is 469 g/mol. The van der Waals surface area contributed by atoms with E-state index in [0.717, 1.165) is 24.5 Å². The van der Waals surface area contributed by atoms with E-state index in [2.05, 4.69) is 12.2 Å². The molecule has 2 aromatic rings. The molecule has 2 amide bonds. The van der Waals surface area contributed by atoms with E-state index >= 15 is 0 Å². The Balaban J connectivity index is 1.52. The lowest BCUT2D eigenvalue weighted by Crippen LogP contribution is -2.51. The van der Waals surface area contributed by atoms with Crippen molar-refractivity contribution in [1.29, 1.82) is 0 Å². The summed E-state index contributed by atoms with van der Waals surface area (Å²) < 4.78 is 40.3. The van der Waals surface area contributed by atoms with Crippen LogP contribution in [0.3, 0.4) is 0 Å². The SMILES string of the molecule is CCCCNC(=O)C1(/N=C(\c2ccccc2)N2CCN(C(=O)c3ccccc3C(F)(F)F)CC2)CC1. The van der Waals surface area contributed by atoms with Crippen molar-refractivity contribution in [3.05, 3.63) is 71.3 Å². The molecule has 36 heavy (non-hydrogen) atoms. The van der Waals surface area contributed by atoms with Crippen molar-refractivity contribution < 1.29 is 22.8 Å². The fourth-order valence-corrected chi connectivity index (χ4v) is 4.37. The van der Waals surface area contributed by atoms with Crippen molar-refractivity contribution in [2.45, 2.75) is 44.3 Å². The molecule has 2 fully saturated rings. The van der Waals surface area contributed by atoms with Crippen LogP contribution < -0.4 is 5.32 Å². The molecule has 0 unspecified atom stereocenters. The minimum Gasteiger partial charge on any atom is -0.354 e. The molecule has 1 N–H and O–H groups in total. The van der Waals surface area contributed by atoms with Gasteiger partial charge in [0.25, 0.3) is 5.91 Å². The lowest BCUT2D eigenvalue weighted by atomic mass is 10.1. The molecule has 1 saturated heterocycles. The predicted octanol–water partition coefficient (Wildman–Crippen LogP) is 4.36. The van der Waals surface area contributed by atoms with Crippen molar-refractivity contribution >= 4 is 17.6 Å². The summed E-state index contributed by atoms with van der Waals surface area (Å²) in [6.07, 6.45) is -1.35. The van der Waals surface area contributed by atoms with E-state index in [1.165, 1.54) is 23.1 Å². The molecule has 4 rings (SSSR count). The van der Waals surface area contributed by atoms with Gasteiger partial charge in [0.05, 0.1) is 11.1 Å². The highest BCUT2D eigenvalue weighted by Crippen LogP contribution is 2.41. The van der Waals surface area contributed by atoms with Crippen molar-refractivity contribution in [3.8, 4) is 0 Å². The molecule has 1 aliphatic carbocycles. The van der Waals surface area contributed by atoms with Gasteiger partial charge < -0.3 is 15.1 Å². The molecule has 0 atom stereocenters. The van der Waals surface area contributed by atoms with Crippen LogP contribution in [0.2, 0.25) is 0 Å². The quantitative estimate of drug-likeness (QED) is 0.349. The molecule has 2 aromatic carbocycles. The highest BCUT2D eigenvalue weighted by molar-refractivity contribution is 6.02. The van der Waals surface area contributed by atoms with Gasteiger partial charge in [0.2, 0.25) is 5.91 Å². The number of aliphatic imine (C=N–C) groups is 1. The second-order valence-corrected chi connectivity index (χ2v) is 9.27. The van der Waals surface area contributed by atoms with Crippen molar-refractivity contribution in [2.75, 3.05) is 32.7 Å². The zero-order chi connectivity index (χ0) is 25.8. The largest absolute Gasteiger partial charge is 0.417 e. The number of rotatable bonds is 7. The average Bonchev–Trinajstić information content (AvgIpc) is 3.68. The zero-order valence-corrected chi connectivity index (χ0v) is 20.4. The van der Waals surface area contributed by atoms with Gasteiger partial charge in [0.15, 0.2) is 0 Å². The fraction of sp³-hybridized carbons (Fsp3) is 0.444. The highest BCUT2D eigenvalue weighted by Gasteiger charge is 2.50. The third-order valence-corrected chi connectivity index (χ3v) is 6.64. The average molecular weight is 501 g/mol. The molecule has 1 saturated carbocycles. The first-order chi connectivity index (χ1) is 17.2. The number of unbranched alkanes of at least 4 members (excludes halogenated alkanes) is 1. The summed E-state index contributed by atoms with van der Waals surface area (Å²) in [5.41, 5.74) is -1.17. The number of amides is 2. The second-order valence-electron chi connectivity index (χ2n) is 9.27. The molecule has 9 heteroatoms. The number of benzene rings is 2. The summed E-state index contributed by atoms with van der Waals surface area (Å²) >= 11 is 0. The maximum absolute atomic E-state index is 13.4. The summed E-state index contributed by atoms with van der Waals surface area (Å²) in [5.74, 6) is -0.0155. The lowest BCUT2D eigenvalue weighted by Gasteiger charge is -2.37. The Morgan fingerprint density at radius 2 is 1.56 bits per heavy atom. The molecule has 1 aliphatic heterocycles. The van der Waals surface area contributed by atoms with Gasteiger partial charge in [0, 0.05) is 38.3 Å². The Kier molecular flexibility index (Phi) is 7.66. The summed E-state index contributed by atoms with van der Waals surface area (Å²) in [4.78, 5) is 34.3. The van der Waals surface area contributed by atoms with Crippen LogP contribution in [-0.2, 0) is 11.0 Å². The summed E-state index contributed by atoms with van der Waals surface area (Å²) in [7, 11) is 0. The Morgan fingerprint density at radius 1 is 0.944 bits per heavy atom. The van der Waals surface area contributed by atoms with Gasteiger partial charge in [-0.15, -0.1) is 0 Å².